The lowest BCUT2D eigenvalue weighted by Gasteiger charge is -2.21. The van der Waals surface area contributed by atoms with Crippen LogP contribution in [0.4, 0.5) is 0 Å². The van der Waals surface area contributed by atoms with E-state index in [9.17, 15) is 4.79 Å². The first-order valence-electron chi connectivity index (χ1n) is 5.80. The lowest BCUT2D eigenvalue weighted by atomic mass is 9.92. The van der Waals surface area contributed by atoms with E-state index < -0.39 is 0 Å². The van der Waals surface area contributed by atoms with Crippen molar-refractivity contribution in [2.45, 2.75) is 46.0 Å². The van der Waals surface area contributed by atoms with Crippen LogP contribution in [0.1, 0.15) is 46.0 Å². The summed E-state index contributed by atoms with van der Waals surface area (Å²) in [7, 11) is 0. The topological polar surface area (TPSA) is 26.3 Å². The molecule has 0 atom stereocenters. The number of hydrogen-bond donors (Lipinski definition) is 0. The molecular formula is C12H22O2. The first kappa shape index (κ1) is 11.7. The average molecular weight is 198 g/mol. The van der Waals surface area contributed by atoms with Crippen molar-refractivity contribution in [3.8, 4) is 0 Å². The number of rotatable bonds is 5. The summed E-state index contributed by atoms with van der Waals surface area (Å²) in [5.74, 6) is 1.44. The van der Waals surface area contributed by atoms with Crippen LogP contribution >= 0.6 is 0 Å². The smallest absolute Gasteiger partial charge is 0.135 e. The molecule has 1 aliphatic heterocycles. The highest BCUT2D eigenvalue weighted by Gasteiger charge is 2.14. The molecule has 14 heavy (non-hydrogen) atoms. The van der Waals surface area contributed by atoms with Crippen LogP contribution in [0, 0.1) is 11.8 Å². The summed E-state index contributed by atoms with van der Waals surface area (Å²) in [4.78, 5) is 11.4. The first-order chi connectivity index (χ1) is 6.70. The van der Waals surface area contributed by atoms with E-state index in [4.69, 9.17) is 4.74 Å². The van der Waals surface area contributed by atoms with E-state index in [-0.39, 0.29) is 5.92 Å². The highest BCUT2D eigenvalue weighted by Crippen LogP contribution is 2.21. The molecule has 1 saturated heterocycles. The van der Waals surface area contributed by atoms with E-state index in [0.29, 0.717) is 5.78 Å². The molecule has 0 spiro atoms. The minimum Gasteiger partial charge on any atom is -0.381 e. The van der Waals surface area contributed by atoms with Crippen molar-refractivity contribution in [2.24, 2.45) is 11.8 Å². The number of ether oxygens (including phenoxy) is 1. The standard InChI is InChI=1S/C12H22O2/c1-10(2)12(13)5-3-4-11-6-8-14-9-7-11/h10-11H,3-9H2,1-2H3. The summed E-state index contributed by atoms with van der Waals surface area (Å²) >= 11 is 0. The van der Waals surface area contributed by atoms with Gasteiger partial charge >= 0.3 is 0 Å². The Balaban J connectivity index is 2.05. The van der Waals surface area contributed by atoms with Crippen molar-refractivity contribution >= 4 is 5.78 Å². The maximum Gasteiger partial charge on any atom is 0.135 e. The normalized spacial score (nSPS) is 18.8. The van der Waals surface area contributed by atoms with Crippen molar-refractivity contribution < 1.29 is 9.53 Å². The predicted molar refractivity (Wildman–Crippen MR) is 57.2 cm³/mol. The van der Waals surface area contributed by atoms with Gasteiger partial charge < -0.3 is 4.74 Å². The third-order valence-electron chi connectivity index (χ3n) is 3.02. The fraction of sp³-hybridized carbons (Fsp3) is 0.917. The summed E-state index contributed by atoms with van der Waals surface area (Å²) in [5, 5.41) is 0. The highest BCUT2D eigenvalue weighted by atomic mass is 16.5. The van der Waals surface area contributed by atoms with Crippen LogP contribution in [0.15, 0.2) is 0 Å². The van der Waals surface area contributed by atoms with Crippen LogP contribution in [-0.4, -0.2) is 19.0 Å². The monoisotopic (exact) mass is 198 g/mol. The summed E-state index contributed by atoms with van der Waals surface area (Å²) < 4.78 is 5.30. The first-order valence-corrected chi connectivity index (χ1v) is 5.80. The Hall–Kier alpha value is -0.370. The van der Waals surface area contributed by atoms with Gasteiger partial charge in [-0.1, -0.05) is 13.8 Å². The molecule has 2 nitrogen and oxygen atoms in total. The zero-order chi connectivity index (χ0) is 10.4. The fourth-order valence-corrected chi connectivity index (χ4v) is 1.89. The molecule has 1 fully saturated rings. The molecule has 1 aliphatic rings. The molecule has 0 amide bonds. The maximum absolute atomic E-state index is 11.4. The molecule has 2 heteroatoms. The lowest BCUT2D eigenvalue weighted by Crippen LogP contribution is -2.16. The molecular weight excluding hydrogens is 176 g/mol. The highest BCUT2D eigenvalue weighted by molar-refractivity contribution is 5.80. The van der Waals surface area contributed by atoms with E-state index in [1.807, 2.05) is 13.8 Å². The second kappa shape index (κ2) is 6.18. The summed E-state index contributed by atoms with van der Waals surface area (Å²) in [5.41, 5.74) is 0. The molecule has 0 saturated carbocycles. The van der Waals surface area contributed by atoms with Gasteiger partial charge in [0.25, 0.3) is 0 Å². The Morgan fingerprint density at radius 2 is 2.00 bits per heavy atom. The second-order valence-electron chi connectivity index (χ2n) is 4.57. The van der Waals surface area contributed by atoms with Crippen LogP contribution in [0.3, 0.4) is 0 Å². The molecule has 0 aromatic carbocycles. The minimum atomic E-state index is 0.213. The van der Waals surface area contributed by atoms with E-state index in [1.54, 1.807) is 0 Å². The Morgan fingerprint density at radius 3 is 2.57 bits per heavy atom. The van der Waals surface area contributed by atoms with Crippen molar-refractivity contribution in [2.75, 3.05) is 13.2 Å². The Bertz CT molecular complexity index is 169. The van der Waals surface area contributed by atoms with Crippen LogP contribution < -0.4 is 0 Å². The van der Waals surface area contributed by atoms with Gasteiger partial charge in [0.15, 0.2) is 0 Å². The predicted octanol–water partition coefficient (Wildman–Crippen LogP) is 2.81. The van der Waals surface area contributed by atoms with Crippen molar-refractivity contribution in [1.82, 2.24) is 0 Å². The van der Waals surface area contributed by atoms with Gasteiger partial charge in [-0.2, -0.15) is 0 Å². The Labute approximate surface area is 87.0 Å². The van der Waals surface area contributed by atoms with Crippen molar-refractivity contribution in [3.05, 3.63) is 0 Å². The third kappa shape index (κ3) is 4.23. The molecule has 0 aromatic rings. The van der Waals surface area contributed by atoms with Gasteiger partial charge in [0.2, 0.25) is 0 Å². The third-order valence-corrected chi connectivity index (χ3v) is 3.02. The van der Waals surface area contributed by atoms with Crippen LogP contribution in [0.25, 0.3) is 0 Å². The van der Waals surface area contributed by atoms with Crippen LogP contribution in [-0.2, 0) is 9.53 Å². The number of Topliss-reactive ketones (excluding diaryl/α,β-unsaturated/α-hetero) is 1. The van der Waals surface area contributed by atoms with E-state index in [1.165, 1.54) is 19.3 Å². The van der Waals surface area contributed by atoms with E-state index in [0.717, 1.165) is 32.0 Å². The summed E-state index contributed by atoms with van der Waals surface area (Å²) in [6.45, 7) is 5.80. The van der Waals surface area contributed by atoms with Gasteiger partial charge in [0.1, 0.15) is 5.78 Å². The number of hydrogen-bond acceptors (Lipinski definition) is 2. The second-order valence-corrected chi connectivity index (χ2v) is 4.57. The molecule has 0 radical (unpaired) electrons. The number of ketones is 1. The average Bonchev–Trinajstić information content (AvgIpc) is 2.19. The molecule has 0 unspecified atom stereocenters. The largest absolute Gasteiger partial charge is 0.381 e. The zero-order valence-corrected chi connectivity index (χ0v) is 9.42. The summed E-state index contributed by atoms with van der Waals surface area (Å²) in [6, 6.07) is 0. The maximum atomic E-state index is 11.4. The van der Waals surface area contributed by atoms with Crippen molar-refractivity contribution in [3.63, 3.8) is 0 Å². The molecule has 0 N–H and O–H groups in total. The summed E-state index contributed by atoms with van der Waals surface area (Å²) in [6.07, 6.45) is 5.43. The molecule has 1 heterocycles. The molecule has 0 aliphatic carbocycles. The van der Waals surface area contributed by atoms with Gasteiger partial charge in [-0.15, -0.1) is 0 Å². The lowest BCUT2D eigenvalue weighted by molar-refractivity contribution is -0.122. The van der Waals surface area contributed by atoms with Gasteiger partial charge in [-0.3, -0.25) is 4.79 Å². The number of carbonyl (C=O) groups is 1. The minimum absolute atomic E-state index is 0.213. The molecule has 82 valence electrons. The van der Waals surface area contributed by atoms with E-state index >= 15 is 0 Å². The quantitative estimate of drug-likeness (QED) is 0.679. The van der Waals surface area contributed by atoms with Gasteiger partial charge in [0, 0.05) is 25.6 Å². The van der Waals surface area contributed by atoms with Gasteiger partial charge in [-0.05, 0) is 31.6 Å². The number of carbonyl (C=O) groups excluding carboxylic acids is 1. The fourth-order valence-electron chi connectivity index (χ4n) is 1.89. The zero-order valence-electron chi connectivity index (χ0n) is 9.42. The molecule has 0 aromatic heterocycles. The Kier molecular flexibility index (Phi) is 5.16. The van der Waals surface area contributed by atoms with E-state index in [2.05, 4.69) is 0 Å². The molecule has 0 bridgehead atoms. The van der Waals surface area contributed by atoms with Gasteiger partial charge in [0.05, 0.1) is 0 Å². The van der Waals surface area contributed by atoms with Gasteiger partial charge in [-0.25, -0.2) is 0 Å². The van der Waals surface area contributed by atoms with Crippen LogP contribution in [0.2, 0.25) is 0 Å². The molecule has 1 rings (SSSR count). The SMILES string of the molecule is CC(C)C(=O)CCCC1CCOCC1. The Morgan fingerprint density at radius 1 is 1.36 bits per heavy atom. The van der Waals surface area contributed by atoms with Crippen LogP contribution in [0.5, 0.6) is 0 Å². The van der Waals surface area contributed by atoms with Crippen molar-refractivity contribution in [1.29, 1.82) is 0 Å².